The molecule has 1 saturated heterocycles. The molecule has 33 heavy (non-hydrogen) atoms. The van der Waals surface area contributed by atoms with Crippen molar-refractivity contribution in [2.24, 2.45) is 0 Å². The van der Waals surface area contributed by atoms with Gasteiger partial charge in [0.1, 0.15) is 4.32 Å². The van der Waals surface area contributed by atoms with Crippen LogP contribution in [0.3, 0.4) is 0 Å². The number of aryl methyl sites for hydroxylation is 1. The number of rotatable bonds is 5. The van der Waals surface area contributed by atoms with Crippen molar-refractivity contribution in [1.29, 1.82) is 0 Å². The average molecular weight is 468 g/mol. The summed E-state index contributed by atoms with van der Waals surface area (Å²) in [5, 5.41) is 4.84. The van der Waals surface area contributed by atoms with Gasteiger partial charge in [0.15, 0.2) is 0 Å². The van der Waals surface area contributed by atoms with Gasteiger partial charge in [-0.3, -0.25) is 9.69 Å². The Morgan fingerprint density at radius 3 is 2.30 bits per heavy atom. The van der Waals surface area contributed by atoms with Crippen LogP contribution in [-0.4, -0.2) is 24.9 Å². The van der Waals surface area contributed by atoms with Crippen LogP contribution in [0.2, 0.25) is 0 Å². The highest BCUT2D eigenvalue weighted by molar-refractivity contribution is 8.26. The molecule has 1 fully saturated rings. The third-order valence-electron chi connectivity index (χ3n) is 5.43. The van der Waals surface area contributed by atoms with Crippen molar-refractivity contribution in [3.05, 3.63) is 113 Å². The van der Waals surface area contributed by atoms with Crippen molar-refractivity contribution in [1.82, 2.24) is 14.7 Å². The van der Waals surface area contributed by atoms with Gasteiger partial charge in [-0.15, -0.1) is 0 Å². The van der Waals surface area contributed by atoms with Crippen LogP contribution in [0.1, 0.15) is 16.7 Å². The predicted octanol–water partition coefficient (Wildman–Crippen LogP) is 6.25. The van der Waals surface area contributed by atoms with Crippen molar-refractivity contribution < 1.29 is 4.79 Å². The summed E-state index contributed by atoms with van der Waals surface area (Å²) in [5.41, 5.74) is 5.90. The second kappa shape index (κ2) is 9.17. The van der Waals surface area contributed by atoms with E-state index in [2.05, 4.69) is 0 Å². The molecule has 1 aliphatic heterocycles. The van der Waals surface area contributed by atoms with E-state index in [1.165, 1.54) is 17.3 Å². The van der Waals surface area contributed by atoms with Gasteiger partial charge in [0.2, 0.25) is 0 Å². The molecule has 5 rings (SSSR count). The van der Waals surface area contributed by atoms with Gasteiger partial charge < -0.3 is 0 Å². The third-order valence-corrected chi connectivity index (χ3v) is 6.81. The fourth-order valence-electron chi connectivity index (χ4n) is 3.68. The fourth-order valence-corrected chi connectivity index (χ4v) is 4.93. The van der Waals surface area contributed by atoms with Gasteiger partial charge >= 0.3 is 0 Å². The van der Waals surface area contributed by atoms with Gasteiger partial charge in [0, 0.05) is 17.3 Å². The molecule has 0 unspecified atom stereocenters. The number of para-hydroxylation sites is 1. The molecule has 162 valence electrons. The summed E-state index contributed by atoms with van der Waals surface area (Å²) >= 11 is 6.89. The molecule has 3 aromatic carbocycles. The first-order chi connectivity index (χ1) is 16.1. The molecule has 4 aromatic rings. The maximum atomic E-state index is 13.2. The summed E-state index contributed by atoms with van der Waals surface area (Å²) in [6, 6.07) is 28.1. The van der Waals surface area contributed by atoms with E-state index in [0.29, 0.717) is 15.8 Å². The number of hydrogen-bond acceptors (Lipinski definition) is 4. The van der Waals surface area contributed by atoms with Crippen LogP contribution in [-0.2, 0) is 11.3 Å². The van der Waals surface area contributed by atoms with Crippen LogP contribution in [0.4, 0.5) is 0 Å². The van der Waals surface area contributed by atoms with E-state index >= 15 is 0 Å². The first-order valence-corrected chi connectivity index (χ1v) is 11.8. The van der Waals surface area contributed by atoms with Crippen LogP contribution in [0, 0.1) is 6.92 Å². The molecule has 0 saturated carbocycles. The molecule has 4 nitrogen and oxygen atoms in total. The fraction of sp³-hybridized carbons (Fsp3) is 0.0741. The molecule has 6 heteroatoms. The number of aromatic nitrogens is 2. The van der Waals surface area contributed by atoms with Crippen LogP contribution in [0.5, 0.6) is 0 Å². The number of carbonyl (C=O) groups is 1. The van der Waals surface area contributed by atoms with E-state index in [1.807, 2.05) is 109 Å². The second-order valence-corrected chi connectivity index (χ2v) is 9.51. The maximum absolute atomic E-state index is 13.2. The maximum Gasteiger partial charge on any atom is 0.266 e. The highest BCUT2D eigenvalue weighted by atomic mass is 32.2. The molecule has 0 radical (unpaired) electrons. The average Bonchev–Trinajstić information content (AvgIpc) is 3.38. The van der Waals surface area contributed by atoms with Gasteiger partial charge in [-0.05, 0) is 30.7 Å². The SMILES string of the molecule is Cc1ccc(CN2C(=O)C(=Cc3cn(-c4ccccc4)nc3-c3ccccc3)SC2=S)cc1. The monoisotopic (exact) mass is 467 g/mol. The second-order valence-electron chi connectivity index (χ2n) is 7.83. The Kier molecular flexibility index (Phi) is 5.94. The minimum Gasteiger partial charge on any atom is -0.288 e. The summed E-state index contributed by atoms with van der Waals surface area (Å²) in [6.07, 6.45) is 3.87. The lowest BCUT2D eigenvalue weighted by Crippen LogP contribution is -2.27. The Labute approximate surface area is 202 Å². The Bertz CT molecular complexity index is 1340. The lowest BCUT2D eigenvalue weighted by atomic mass is 10.1. The topological polar surface area (TPSA) is 38.1 Å². The van der Waals surface area contributed by atoms with Crippen LogP contribution < -0.4 is 0 Å². The quantitative estimate of drug-likeness (QED) is 0.257. The van der Waals surface area contributed by atoms with Crippen molar-refractivity contribution in [2.45, 2.75) is 13.5 Å². The summed E-state index contributed by atoms with van der Waals surface area (Å²) in [6.45, 7) is 2.52. The number of thioether (sulfide) groups is 1. The number of benzene rings is 3. The van der Waals surface area contributed by atoms with E-state index in [4.69, 9.17) is 17.3 Å². The molecule has 1 aliphatic rings. The summed E-state index contributed by atoms with van der Waals surface area (Å²) in [4.78, 5) is 15.5. The van der Waals surface area contributed by atoms with Crippen LogP contribution in [0.25, 0.3) is 23.0 Å². The highest BCUT2D eigenvalue weighted by Gasteiger charge is 2.32. The first kappa shape index (κ1) is 21.4. The molecule has 0 spiro atoms. The number of carbonyl (C=O) groups excluding carboxylic acids is 1. The predicted molar refractivity (Wildman–Crippen MR) is 139 cm³/mol. The summed E-state index contributed by atoms with van der Waals surface area (Å²) in [7, 11) is 0. The van der Waals surface area contributed by atoms with Crippen molar-refractivity contribution in [3.8, 4) is 16.9 Å². The van der Waals surface area contributed by atoms with Gasteiger partial charge in [-0.2, -0.15) is 5.10 Å². The minimum absolute atomic E-state index is 0.0722. The molecule has 2 heterocycles. The molecule has 0 atom stereocenters. The Hall–Kier alpha value is -3.48. The van der Waals surface area contributed by atoms with Crippen LogP contribution >= 0.6 is 24.0 Å². The molecule has 1 amide bonds. The highest BCUT2D eigenvalue weighted by Crippen LogP contribution is 2.35. The van der Waals surface area contributed by atoms with Gasteiger partial charge in [0.05, 0.1) is 22.8 Å². The van der Waals surface area contributed by atoms with Crippen molar-refractivity contribution in [3.63, 3.8) is 0 Å². The molecule has 0 aliphatic carbocycles. The summed E-state index contributed by atoms with van der Waals surface area (Å²) < 4.78 is 2.42. The smallest absolute Gasteiger partial charge is 0.266 e. The lowest BCUT2D eigenvalue weighted by Gasteiger charge is -2.14. The Morgan fingerprint density at radius 1 is 0.939 bits per heavy atom. The largest absolute Gasteiger partial charge is 0.288 e. The lowest BCUT2D eigenvalue weighted by molar-refractivity contribution is -0.122. The van der Waals surface area contributed by atoms with Crippen molar-refractivity contribution >= 4 is 40.3 Å². The van der Waals surface area contributed by atoms with E-state index in [0.717, 1.165) is 28.1 Å². The van der Waals surface area contributed by atoms with E-state index in [1.54, 1.807) is 4.90 Å². The van der Waals surface area contributed by atoms with Crippen molar-refractivity contribution in [2.75, 3.05) is 0 Å². The number of thiocarbonyl (C=S) groups is 1. The third kappa shape index (κ3) is 4.53. The zero-order chi connectivity index (χ0) is 22.8. The number of hydrogen-bond donors (Lipinski definition) is 0. The zero-order valence-corrected chi connectivity index (χ0v) is 19.6. The Morgan fingerprint density at radius 2 is 1.61 bits per heavy atom. The molecule has 0 bridgehead atoms. The van der Waals surface area contributed by atoms with Gasteiger partial charge in [0.25, 0.3) is 5.91 Å². The van der Waals surface area contributed by atoms with E-state index < -0.39 is 0 Å². The zero-order valence-electron chi connectivity index (χ0n) is 18.0. The molecule has 0 N–H and O–H groups in total. The van der Waals surface area contributed by atoms with E-state index in [-0.39, 0.29) is 5.91 Å². The molecular weight excluding hydrogens is 446 g/mol. The van der Waals surface area contributed by atoms with E-state index in [9.17, 15) is 4.79 Å². The standard InChI is InChI=1S/C27H21N3OS2/c1-19-12-14-20(15-13-19)17-29-26(31)24(33-27(29)32)16-22-18-30(23-10-6-3-7-11-23)28-25(22)21-8-4-2-5-9-21/h2-16,18H,17H2,1H3. The number of nitrogens with zero attached hydrogens (tertiary/aromatic N) is 3. The van der Waals surface area contributed by atoms with Gasteiger partial charge in [-0.1, -0.05) is 102 Å². The number of amides is 1. The van der Waals surface area contributed by atoms with Crippen LogP contribution in [0.15, 0.2) is 96.0 Å². The molecular formula is C27H21N3OS2. The normalized spacial score (nSPS) is 14.9. The van der Waals surface area contributed by atoms with Gasteiger partial charge in [-0.25, -0.2) is 4.68 Å². The molecule has 1 aromatic heterocycles. The minimum atomic E-state index is -0.0722. The Balaban J connectivity index is 1.50. The first-order valence-electron chi connectivity index (χ1n) is 10.6. The summed E-state index contributed by atoms with van der Waals surface area (Å²) in [5.74, 6) is -0.0722.